The zero-order valence-corrected chi connectivity index (χ0v) is 25.4. The maximum Gasteiger partial charge on any atom is 0.0714 e. The summed E-state index contributed by atoms with van der Waals surface area (Å²) in [5.41, 5.74) is 12.1. The number of thiophene rings is 1. The van der Waals surface area contributed by atoms with Crippen LogP contribution in [0.15, 0.2) is 170 Å². The molecule has 0 fully saturated rings. The summed E-state index contributed by atoms with van der Waals surface area (Å²) in [6.45, 7) is 0. The second kappa shape index (κ2) is 10.3. The molecule has 45 heavy (non-hydrogen) atoms. The van der Waals surface area contributed by atoms with Crippen LogP contribution in [0.2, 0.25) is 0 Å². The van der Waals surface area contributed by atoms with Gasteiger partial charge in [-0.05, 0) is 57.1 Å². The molecule has 1 heterocycles. The van der Waals surface area contributed by atoms with E-state index in [1.165, 1.54) is 64.7 Å². The molecule has 212 valence electrons. The van der Waals surface area contributed by atoms with Crippen molar-refractivity contribution in [1.82, 2.24) is 0 Å². The number of rotatable bonds is 5. The molecular weight excluding hydrogens is 563 g/mol. The number of fused-ring (bicyclic) bond motifs is 6. The Bertz CT molecular complexity index is 2300. The van der Waals surface area contributed by atoms with Gasteiger partial charge in [0.15, 0.2) is 0 Å². The van der Waals surface area contributed by atoms with E-state index in [9.17, 15) is 0 Å². The second-order valence-electron chi connectivity index (χ2n) is 11.7. The topological polar surface area (TPSA) is 12.0 Å². The molecule has 0 amide bonds. The van der Waals surface area contributed by atoms with Crippen LogP contribution < -0.4 is 5.32 Å². The van der Waals surface area contributed by atoms with Crippen LogP contribution in [-0.4, -0.2) is 0 Å². The third-order valence-electron chi connectivity index (χ3n) is 9.36. The molecule has 0 saturated heterocycles. The fourth-order valence-corrected chi connectivity index (χ4v) is 8.78. The molecule has 0 aliphatic heterocycles. The van der Waals surface area contributed by atoms with Crippen molar-refractivity contribution >= 4 is 42.9 Å². The molecule has 8 aromatic rings. The predicted octanol–water partition coefficient (Wildman–Crippen LogP) is 11.8. The molecule has 7 aromatic carbocycles. The lowest BCUT2D eigenvalue weighted by atomic mass is 9.68. The molecule has 0 spiro atoms. The molecule has 0 atom stereocenters. The van der Waals surface area contributed by atoms with E-state index in [1.807, 2.05) is 11.3 Å². The average Bonchev–Trinajstić information content (AvgIpc) is 3.65. The molecule has 0 bridgehead atoms. The first-order chi connectivity index (χ1) is 22.3. The summed E-state index contributed by atoms with van der Waals surface area (Å²) >= 11 is 1.88. The van der Waals surface area contributed by atoms with Gasteiger partial charge in [0.1, 0.15) is 0 Å². The fraction of sp³-hybridized carbons (Fsp3) is 0.0233. The quantitative estimate of drug-likeness (QED) is 0.210. The summed E-state index contributed by atoms with van der Waals surface area (Å²) in [6.07, 6.45) is 0. The predicted molar refractivity (Wildman–Crippen MR) is 192 cm³/mol. The zero-order chi connectivity index (χ0) is 29.8. The van der Waals surface area contributed by atoms with Gasteiger partial charge in [-0.3, -0.25) is 0 Å². The molecule has 1 aromatic heterocycles. The van der Waals surface area contributed by atoms with Gasteiger partial charge in [-0.2, -0.15) is 0 Å². The highest BCUT2D eigenvalue weighted by atomic mass is 32.1. The Balaban J connectivity index is 1.30. The Morgan fingerprint density at radius 1 is 0.444 bits per heavy atom. The van der Waals surface area contributed by atoms with Crippen LogP contribution in [0, 0.1) is 0 Å². The highest BCUT2D eigenvalue weighted by Gasteiger charge is 2.46. The van der Waals surface area contributed by atoms with Gasteiger partial charge in [-0.1, -0.05) is 152 Å². The second-order valence-corrected chi connectivity index (χ2v) is 12.8. The lowest BCUT2D eigenvalue weighted by Gasteiger charge is -2.34. The minimum absolute atomic E-state index is 0.423. The van der Waals surface area contributed by atoms with Gasteiger partial charge in [0, 0.05) is 37.1 Å². The van der Waals surface area contributed by atoms with E-state index in [0.29, 0.717) is 0 Å². The van der Waals surface area contributed by atoms with Crippen molar-refractivity contribution in [2.75, 3.05) is 5.32 Å². The molecule has 2 heteroatoms. The average molecular weight is 592 g/mol. The van der Waals surface area contributed by atoms with Crippen molar-refractivity contribution in [1.29, 1.82) is 0 Å². The normalized spacial score (nSPS) is 13.1. The lowest BCUT2D eigenvalue weighted by molar-refractivity contribution is 0.768. The van der Waals surface area contributed by atoms with Crippen LogP contribution in [0.1, 0.15) is 22.3 Å². The van der Waals surface area contributed by atoms with Crippen LogP contribution in [0.5, 0.6) is 0 Å². The van der Waals surface area contributed by atoms with Crippen molar-refractivity contribution in [3.8, 4) is 22.3 Å². The van der Waals surface area contributed by atoms with E-state index in [0.717, 1.165) is 11.4 Å². The summed E-state index contributed by atoms with van der Waals surface area (Å²) in [5, 5.41) is 6.55. The number of benzene rings is 7. The number of anilines is 2. The Kier molecular flexibility index (Phi) is 5.97. The third-order valence-corrected chi connectivity index (χ3v) is 10.6. The van der Waals surface area contributed by atoms with Crippen molar-refractivity contribution in [3.05, 3.63) is 192 Å². The first-order valence-corrected chi connectivity index (χ1v) is 16.3. The van der Waals surface area contributed by atoms with Crippen molar-refractivity contribution in [2.45, 2.75) is 5.41 Å². The minimum atomic E-state index is -0.423. The van der Waals surface area contributed by atoms with Crippen molar-refractivity contribution < 1.29 is 0 Å². The summed E-state index contributed by atoms with van der Waals surface area (Å²) in [4.78, 5) is 0. The molecule has 0 unspecified atom stereocenters. The van der Waals surface area contributed by atoms with Gasteiger partial charge < -0.3 is 5.32 Å². The van der Waals surface area contributed by atoms with Crippen LogP contribution >= 0.6 is 11.3 Å². The largest absolute Gasteiger partial charge is 0.354 e. The molecule has 9 rings (SSSR count). The highest BCUT2D eigenvalue weighted by molar-refractivity contribution is 7.26. The van der Waals surface area contributed by atoms with Gasteiger partial charge >= 0.3 is 0 Å². The SMILES string of the molecule is c1ccc(-c2ccc(Nc3cccc4c3-c3ccccc3C4(c3ccccc3)c3ccccc3)c3c2sc2ccccc23)cc1. The monoisotopic (exact) mass is 591 g/mol. The van der Waals surface area contributed by atoms with E-state index in [1.54, 1.807) is 0 Å². The van der Waals surface area contributed by atoms with E-state index < -0.39 is 5.41 Å². The highest BCUT2D eigenvalue weighted by Crippen LogP contribution is 2.58. The molecule has 1 aliphatic carbocycles. The maximum atomic E-state index is 3.99. The van der Waals surface area contributed by atoms with Crippen molar-refractivity contribution in [3.63, 3.8) is 0 Å². The van der Waals surface area contributed by atoms with E-state index in [2.05, 4.69) is 175 Å². The summed E-state index contributed by atoms with van der Waals surface area (Å²) in [6, 6.07) is 61.8. The summed E-state index contributed by atoms with van der Waals surface area (Å²) < 4.78 is 2.61. The van der Waals surface area contributed by atoms with Gasteiger partial charge in [0.25, 0.3) is 0 Å². The molecule has 1 aliphatic rings. The van der Waals surface area contributed by atoms with Gasteiger partial charge in [-0.15, -0.1) is 11.3 Å². The van der Waals surface area contributed by atoms with E-state index in [-0.39, 0.29) is 0 Å². The molecule has 0 radical (unpaired) electrons. The van der Waals surface area contributed by atoms with Crippen molar-refractivity contribution in [2.24, 2.45) is 0 Å². The zero-order valence-electron chi connectivity index (χ0n) is 24.6. The van der Waals surface area contributed by atoms with E-state index in [4.69, 9.17) is 0 Å². The lowest BCUT2D eigenvalue weighted by Crippen LogP contribution is -2.28. The Labute approximate surface area is 267 Å². The smallest absolute Gasteiger partial charge is 0.0714 e. The Morgan fingerprint density at radius 3 is 1.82 bits per heavy atom. The first-order valence-electron chi connectivity index (χ1n) is 15.4. The standard InChI is InChI=1S/C43H29NS/c1-4-15-29(16-5-1)32-27-28-38(41-34-22-11-13-26-39(34)45-42(32)41)44-37-25-14-24-36-40(37)33-21-10-12-23-35(33)43(36,30-17-6-2-7-18-30)31-19-8-3-9-20-31/h1-28,44H. The van der Waals surface area contributed by atoms with Gasteiger partial charge in [-0.25, -0.2) is 0 Å². The summed E-state index contributed by atoms with van der Waals surface area (Å²) in [7, 11) is 0. The van der Waals surface area contributed by atoms with Crippen LogP contribution in [-0.2, 0) is 5.41 Å². The van der Waals surface area contributed by atoms with Gasteiger partial charge in [0.05, 0.1) is 5.41 Å². The molecular formula is C43H29NS. The maximum absolute atomic E-state index is 3.99. The van der Waals surface area contributed by atoms with E-state index >= 15 is 0 Å². The minimum Gasteiger partial charge on any atom is -0.354 e. The number of hydrogen-bond donors (Lipinski definition) is 1. The van der Waals surface area contributed by atoms with Crippen LogP contribution in [0.4, 0.5) is 11.4 Å². The molecule has 1 N–H and O–H groups in total. The first kappa shape index (κ1) is 26.0. The summed E-state index contributed by atoms with van der Waals surface area (Å²) in [5.74, 6) is 0. The Morgan fingerprint density at radius 2 is 1.07 bits per heavy atom. The fourth-order valence-electron chi connectivity index (χ4n) is 7.52. The Hall–Kier alpha value is -5.44. The van der Waals surface area contributed by atoms with Crippen LogP contribution in [0.3, 0.4) is 0 Å². The number of nitrogens with one attached hydrogen (secondary N) is 1. The molecule has 0 saturated carbocycles. The van der Waals surface area contributed by atoms with Crippen LogP contribution in [0.25, 0.3) is 42.4 Å². The van der Waals surface area contributed by atoms with Gasteiger partial charge in [0.2, 0.25) is 0 Å². The third kappa shape index (κ3) is 3.86. The molecule has 1 nitrogen and oxygen atoms in total. The number of hydrogen-bond acceptors (Lipinski definition) is 2.